The van der Waals surface area contributed by atoms with Crippen LogP contribution in [-0.2, 0) is 11.2 Å². The average molecular weight is 293 g/mol. The number of likely N-dealkylation sites (N-methyl/N-ethyl adjacent to an activating group) is 1. The molecule has 1 aliphatic heterocycles. The van der Waals surface area contributed by atoms with Crippen molar-refractivity contribution in [3.05, 3.63) is 52.0 Å². The lowest BCUT2D eigenvalue weighted by Crippen LogP contribution is -2.44. The monoisotopic (exact) mass is 293 g/mol. The maximum atomic E-state index is 12.0. The molecule has 0 saturated carbocycles. The summed E-state index contributed by atoms with van der Waals surface area (Å²) < 4.78 is 0. The maximum absolute atomic E-state index is 12.0. The molecule has 1 aromatic carbocycles. The second-order valence-corrected chi connectivity index (χ2v) is 5.96. The number of aromatic nitrogens is 1. The lowest BCUT2D eigenvalue weighted by Gasteiger charge is -2.39. The Morgan fingerprint density at radius 2 is 2.36 bits per heavy atom. The van der Waals surface area contributed by atoms with Crippen molar-refractivity contribution < 1.29 is 4.79 Å². The van der Waals surface area contributed by atoms with E-state index in [4.69, 9.17) is 5.53 Å². The third kappa shape index (κ3) is 1.78. The van der Waals surface area contributed by atoms with Crippen molar-refractivity contribution in [1.82, 2.24) is 9.88 Å². The first-order valence-corrected chi connectivity index (χ1v) is 7.29. The first-order chi connectivity index (χ1) is 10.7. The molecule has 2 atom stereocenters. The zero-order chi connectivity index (χ0) is 15.3. The van der Waals surface area contributed by atoms with Crippen LogP contribution in [0.5, 0.6) is 0 Å². The normalized spacial score (nSPS) is 23.6. The Hall–Kier alpha value is -2.56. The molecule has 110 valence electrons. The molecular formula is C16H15N5O. The van der Waals surface area contributed by atoms with Gasteiger partial charge in [0.25, 0.3) is 0 Å². The number of fused-ring (bicyclic) bond motifs is 2. The van der Waals surface area contributed by atoms with Crippen LogP contribution in [0.3, 0.4) is 0 Å². The number of hydrogen-bond acceptors (Lipinski definition) is 2. The van der Waals surface area contributed by atoms with Crippen LogP contribution in [0, 0.1) is 5.92 Å². The van der Waals surface area contributed by atoms with E-state index in [2.05, 4.69) is 38.2 Å². The van der Waals surface area contributed by atoms with E-state index in [1.54, 1.807) is 0 Å². The van der Waals surface area contributed by atoms with Crippen molar-refractivity contribution in [3.63, 3.8) is 0 Å². The van der Waals surface area contributed by atoms with Crippen LogP contribution in [0.1, 0.15) is 11.1 Å². The molecule has 1 N–H and O–H groups in total. The van der Waals surface area contributed by atoms with Crippen LogP contribution < -0.4 is 0 Å². The highest BCUT2D eigenvalue weighted by Gasteiger charge is 2.35. The van der Waals surface area contributed by atoms with Crippen LogP contribution in [0.15, 0.2) is 35.6 Å². The number of amides is 1. The lowest BCUT2D eigenvalue weighted by atomic mass is 9.80. The smallest absolute Gasteiger partial charge is 0.227 e. The summed E-state index contributed by atoms with van der Waals surface area (Å²) in [6, 6.07) is 6.47. The summed E-state index contributed by atoms with van der Waals surface area (Å²) in [6.07, 6.45) is 5.00. The van der Waals surface area contributed by atoms with Gasteiger partial charge in [0.15, 0.2) is 0 Å². The van der Waals surface area contributed by atoms with Gasteiger partial charge in [-0.2, -0.15) is 0 Å². The van der Waals surface area contributed by atoms with Gasteiger partial charge in [-0.3, -0.25) is 9.69 Å². The molecular weight excluding hydrogens is 278 g/mol. The molecule has 2 aromatic rings. The van der Waals surface area contributed by atoms with E-state index in [0.717, 1.165) is 17.5 Å². The Kier molecular flexibility index (Phi) is 2.82. The van der Waals surface area contributed by atoms with Gasteiger partial charge in [-0.1, -0.05) is 18.2 Å². The highest BCUT2D eigenvalue weighted by atomic mass is 16.1. The highest BCUT2D eigenvalue weighted by Crippen LogP contribution is 2.40. The fourth-order valence-corrected chi connectivity index (χ4v) is 3.72. The van der Waals surface area contributed by atoms with Crippen molar-refractivity contribution in [2.45, 2.75) is 12.5 Å². The minimum absolute atomic E-state index is 0.268. The van der Waals surface area contributed by atoms with Gasteiger partial charge in [0.1, 0.15) is 0 Å². The van der Waals surface area contributed by atoms with E-state index < -0.39 is 5.91 Å². The third-order valence-electron chi connectivity index (χ3n) is 4.73. The molecule has 0 spiro atoms. The highest BCUT2D eigenvalue weighted by molar-refractivity contribution is 5.99. The van der Waals surface area contributed by atoms with Gasteiger partial charge in [-0.05, 0) is 46.9 Å². The Bertz CT molecular complexity index is 859. The van der Waals surface area contributed by atoms with E-state index in [1.165, 1.54) is 16.5 Å². The number of hydrogen-bond donors (Lipinski definition) is 1. The second-order valence-electron chi connectivity index (χ2n) is 5.96. The molecule has 1 aliphatic carbocycles. The molecule has 22 heavy (non-hydrogen) atoms. The summed E-state index contributed by atoms with van der Waals surface area (Å²) in [6.45, 7) is 0.585. The molecule has 6 nitrogen and oxygen atoms in total. The minimum atomic E-state index is -0.410. The van der Waals surface area contributed by atoms with Gasteiger partial charge in [0.05, 0.1) is 5.92 Å². The van der Waals surface area contributed by atoms with Crippen molar-refractivity contribution in [2.24, 2.45) is 11.0 Å². The summed E-state index contributed by atoms with van der Waals surface area (Å²) in [7, 11) is 2.02. The number of carbonyl (C=O) groups excluding carboxylic acids is 1. The van der Waals surface area contributed by atoms with Crippen molar-refractivity contribution >= 4 is 22.4 Å². The van der Waals surface area contributed by atoms with E-state index in [1.807, 2.05) is 19.2 Å². The Morgan fingerprint density at radius 1 is 1.50 bits per heavy atom. The number of nitrogens with zero attached hydrogens (tertiary/aromatic N) is 4. The summed E-state index contributed by atoms with van der Waals surface area (Å²) in [5, 5.41) is 4.51. The second kappa shape index (κ2) is 4.73. The van der Waals surface area contributed by atoms with Crippen molar-refractivity contribution in [3.8, 4) is 0 Å². The zero-order valence-electron chi connectivity index (χ0n) is 12.2. The quantitative estimate of drug-likeness (QED) is 0.498. The van der Waals surface area contributed by atoms with Crippen molar-refractivity contribution in [1.29, 1.82) is 0 Å². The molecule has 0 fully saturated rings. The summed E-state index contributed by atoms with van der Waals surface area (Å²) in [4.78, 5) is 20.1. The molecule has 4 rings (SSSR count). The molecule has 0 bridgehead atoms. The Morgan fingerprint density at radius 3 is 3.18 bits per heavy atom. The number of benzene rings is 1. The zero-order valence-corrected chi connectivity index (χ0v) is 12.2. The van der Waals surface area contributed by atoms with Crippen LogP contribution in [0.2, 0.25) is 0 Å². The van der Waals surface area contributed by atoms with Gasteiger partial charge in [0, 0.05) is 34.6 Å². The fraction of sp³-hybridized carbons (Fsp3) is 0.312. The molecule has 2 heterocycles. The number of rotatable bonds is 1. The molecule has 1 aromatic heterocycles. The van der Waals surface area contributed by atoms with Gasteiger partial charge in [-0.15, -0.1) is 0 Å². The van der Waals surface area contributed by atoms with Crippen LogP contribution in [0.4, 0.5) is 0 Å². The maximum Gasteiger partial charge on any atom is 0.227 e. The number of carbonyl (C=O) groups is 1. The van der Waals surface area contributed by atoms with Crippen LogP contribution in [-0.4, -0.2) is 35.4 Å². The summed E-state index contributed by atoms with van der Waals surface area (Å²) >= 11 is 0. The first kappa shape index (κ1) is 13.1. The molecule has 1 amide bonds. The molecule has 2 unspecified atom stereocenters. The standard InChI is InChI=1S/C16H15N5O/c1-21-8-10(16(22)19-20-17)5-12-11-3-2-4-13-15(11)9(7-18-13)6-14(12)21/h2-5,7,10,14,18H,6,8H2,1H3. The van der Waals surface area contributed by atoms with E-state index >= 15 is 0 Å². The van der Waals surface area contributed by atoms with Gasteiger partial charge in [0.2, 0.25) is 5.91 Å². The first-order valence-electron chi connectivity index (χ1n) is 7.29. The van der Waals surface area contributed by atoms with Gasteiger partial charge >= 0.3 is 0 Å². The summed E-state index contributed by atoms with van der Waals surface area (Å²) in [5.74, 6) is -0.782. The average Bonchev–Trinajstić information content (AvgIpc) is 2.93. The molecule has 0 radical (unpaired) electrons. The number of azide groups is 1. The molecule has 0 saturated heterocycles. The number of aromatic amines is 1. The Balaban J connectivity index is 1.89. The minimum Gasteiger partial charge on any atom is -0.361 e. The summed E-state index contributed by atoms with van der Waals surface area (Å²) in [5.41, 5.74) is 13.3. The van der Waals surface area contributed by atoms with Crippen molar-refractivity contribution in [2.75, 3.05) is 13.6 Å². The van der Waals surface area contributed by atoms with E-state index in [-0.39, 0.29) is 12.0 Å². The molecule has 2 aliphatic rings. The fourth-order valence-electron chi connectivity index (χ4n) is 3.72. The van der Waals surface area contributed by atoms with E-state index in [0.29, 0.717) is 6.54 Å². The Labute approximate surface area is 127 Å². The topological polar surface area (TPSA) is 84.9 Å². The van der Waals surface area contributed by atoms with Crippen LogP contribution >= 0.6 is 0 Å². The molecule has 6 heteroatoms. The van der Waals surface area contributed by atoms with Crippen LogP contribution in [0.25, 0.3) is 26.9 Å². The predicted octanol–water partition coefficient (Wildman–Crippen LogP) is 2.87. The number of nitrogens with one attached hydrogen (secondary N) is 1. The largest absolute Gasteiger partial charge is 0.361 e. The van der Waals surface area contributed by atoms with Gasteiger partial charge in [-0.25, -0.2) is 0 Å². The number of H-pyrrole nitrogens is 1. The SMILES string of the molecule is CN1CC(C(=O)N=[N+]=[N-])C=C2c3cccc4[nH]cc(c34)CC21. The van der Waals surface area contributed by atoms with E-state index in [9.17, 15) is 4.79 Å². The predicted molar refractivity (Wildman–Crippen MR) is 84.0 cm³/mol. The lowest BCUT2D eigenvalue weighted by molar-refractivity contribution is -0.121. The van der Waals surface area contributed by atoms with Gasteiger partial charge < -0.3 is 4.98 Å². The third-order valence-corrected chi connectivity index (χ3v) is 4.73.